The topological polar surface area (TPSA) is 84.7 Å². The number of ether oxygens (including phenoxy) is 3. The van der Waals surface area contributed by atoms with Crippen LogP contribution in [0.25, 0.3) is 76.8 Å². The maximum atomic E-state index is 12.9. The van der Waals surface area contributed by atoms with Crippen molar-refractivity contribution in [1.29, 1.82) is 0 Å². The number of para-hydroxylation sites is 4. The summed E-state index contributed by atoms with van der Waals surface area (Å²) in [4.78, 5) is 12.9. The van der Waals surface area contributed by atoms with Gasteiger partial charge in [0.2, 0.25) is 0 Å². The number of nitrogens with zero attached hydrogens (tertiary/aromatic N) is 4. The van der Waals surface area contributed by atoms with Crippen LogP contribution in [0.5, 0.6) is 0 Å². The van der Waals surface area contributed by atoms with Crippen LogP contribution in [0.1, 0.15) is 68.8 Å². The summed E-state index contributed by atoms with van der Waals surface area (Å²) in [5.41, 5.74) is 11.6. The highest BCUT2D eigenvalue weighted by molar-refractivity contribution is 6.23. The van der Waals surface area contributed by atoms with Crippen molar-refractivity contribution in [3.8, 4) is 11.4 Å². The average molecular weight is 789 g/mol. The third-order valence-corrected chi connectivity index (χ3v) is 12.5. The Morgan fingerprint density at radius 1 is 0.559 bits per heavy atom. The smallest absolute Gasteiger partial charge is 0.329 e. The fourth-order valence-corrected chi connectivity index (χ4v) is 10.1. The number of aryl methyl sites for hydroxylation is 2. The zero-order chi connectivity index (χ0) is 41.1. The van der Waals surface area contributed by atoms with E-state index in [-0.39, 0.29) is 31.1 Å². The number of esters is 1. The van der Waals surface area contributed by atoms with Gasteiger partial charge >= 0.3 is 5.97 Å². The molecule has 2 aliphatic heterocycles. The van der Waals surface area contributed by atoms with Crippen LogP contribution in [-0.2, 0) is 19.0 Å². The molecule has 59 heavy (non-hydrogen) atoms. The number of aliphatic hydroxyl groups excluding tert-OH is 1. The third kappa shape index (κ3) is 5.74. The molecule has 0 saturated carbocycles. The van der Waals surface area contributed by atoms with Gasteiger partial charge in [-0.2, -0.15) is 0 Å². The van der Waals surface area contributed by atoms with Gasteiger partial charge < -0.3 is 37.6 Å². The molecule has 0 amide bonds. The first-order valence-corrected chi connectivity index (χ1v) is 20.7. The lowest BCUT2D eigenvalue weighted by Crippen LogP contribution is -2.23. The van der Waals surface area contributed by atoms with Crippen molar-refractivity contribution >= 4 is 71.4 Å². The van der Waals surface area contributed by atoms with Gasteiger partial charge in [0.25, 0.3) is 0 Å². The number of aromatic nitrogens is 4. The van der Waals surface area contributed by atoms with Crippen LogP contribution >= 0.6 is 0 Å². The highest BCUT2D eigenvalue weighted by Crippen LogP contribution is 2.48. The van der Waals surface area contributed by atoms with Gasteiger partial charge in [-0.3, -0.25) is 0 Å². The van der Waals surface area contributed by atoms with E-state index in [9.17, 15) is 9.90 Å². The number of methoxy groups -OCH3 is 3. The molecule has 4 atom stereocenters. The van der Waals surface area contributed by atoms with Gasteiger partial charge in [0.15, 0.2) is 0 Å². The third-order valence-electron chi connectivity index (χ3n) is 12.5. The average Bonchev–Trinajstić information content (AvgIpc) is 3.90. The van der Waals surface area contributed by atoms with Crippen molar-refractivity contribution in [3.05, 3.63) is 120 Å². The zero-order valence-corrected chi connectivity index (χ0v) is 34.9. The monoisotopic (exact) mass is 788 g/mol. The number of carbonyl (C=O) groups is 1. The number of aliphatic hydroxyl groups is 1. The Morgan fingerprint density at radius 3 is 1.46 bits per heavy atom. The van der Waals surface area contributed by atoms with E-state index in [1.54, 1.807) is 14.2 Å². The Balaban J connectivity index is 0.000000143. The summed E-state index contributed by atoms with van der Waals surface area (Å²) in [5, 5.41) is 17.4. The molecule has 1 unspecified atom stereocenters. The fourth-order valence-electron chi connectivity index (χ4n) is 10.1. The highest BCUT2D eigenvalue weighted by Gasteiger charge is 2.36. The first-order valence-electron chi connectivity index (χ1n) is 20.7. The van der Waals surface area contributed by atoms with E-state index < -0.39 is 6.04 Å². The van der Waals surface area contributed by atoms with Crippen LogP contribution in [0, 0.1) is 13.8 Å². The van der Waals surface area contributed by atoms with Gasteiger partial charge in [-0.25, -0.2) is 4.79 Å². The van der Waals surface area contributed by atoms with Crippen LogP contribution < -0.4 is 0 Å². The normalized spacial score (nSPS) is 18.4. The number of benzene rings is 5. The summed E-state index contributed by atoms with van der Waals surface area (Å²) in [6.45, 7) is 8.73. The minimum absolute atomic E-state index is 0.0263. The second-order valence-corrected chi connectivity index (χ2v) is 15.8. The van der Waals surface area contributed by atoms with Crippen LogP contribution in [0.15, 0.2) is 109 Å². The SMILES string of the molecule is CCC.COC(=O)C1C[C@H](OC)n2c3ccccc3c3ccc4c5ccccc5n1c4c32.CO[C@H]1C[C@H](CO)n2c(c(C)c3ccccc32)-c2c(C)c3ccccc3n21. The van der Waals surface area contributed by atoms with Gasteiger partial charge in [0.1, 0.15) is 18.5 Å². The summed E-state index contributed by atoms with van der Waals surface area (Å²) in [7, 11) is 4.92. The Morgan fingerprint density at radius 2 is 0.966 bits per heavy atom. The molecule has 2 aliphatic rings. The Hall–Kier alpha value is -5.87. The molecule has 0 aliphatic carbocycles. The van der Waals surface area contributed by atoms with Crippen molar-refractivity contribution in [1.82, 2.24) is 18.3 Å². The lowest BCUT2D eigenvalue weighted by atomic mass is 10.1. The molecule has 9 nitrogen and oxygen atoms in total. The quantitative estimate of drug-likeness (QED) is 0.180. The van der Waals surface area contributed by atoms with Gasteiger partial charge in [-0.15, -0.1) is 0 Å². The Bertz CT molecular complexity index is 2940. The minimum Gasteiger partial charge on any atom is -0.467 e. The van der Waals surface area contributed by atoms with Crippen molar-refractivity contribution in [2.45, 2.75) is 71.5 Å². The maximum Gasteiger partial charge on any atom is 0.329 e. The molecular formula is C50H52N4O5. The van der Waals surface area contributed by atoms with E-state index in [1.165, 1.54) is 68.6 Å². The molecule has 1 N–H and O–H groups in total. The van der Waals surface area contributed by atoms with Crippen molar-refractivity contribution < 1.29 is 24.1 Å². The molecule has 0 spiro atoms. The van der Waals surface area contributed by atoms with E-state index >= 15 is 0 Å². The predicted octanol–water partition coefficient (Wildman–Crippen LogP) is 11.5. The first-order chi connectivity index (χ1) is 28.8. The standard InChI is InChI=1S/C24H20N2O3.C23H24N2O2.C3H8/c1-28-21-13-20(24(27)29-2)25-18-9-5-3-7-14(18)16-11-12-17-15-8-4-6-10-19(15)26(21)23(17)22(16)25;1-14-17-8-4-6-10-19(17)24-16(13-26)12-21(27-3)25-20-11-7-5-9-18(20)15(2)23(25)22(14)24;1-3-2/h3-12,20-21H,13H2,1-2H3;4-11,16,21,26H,12-13H2,1-3H3;3H2,1-2H3/t20?,21-;16-,21+;/m01./s1. The van der Waals surface area contributed by atoms with Crippen molar-refractivity contribution in [2.24, 2.45) is 0 Å². The molecule has 6 heterocycles. The van der Waals surface area contributed by atoms with E-state index in [1.807, 2.05) is 18.2 Å². The van der Waals surface area contributed by atoms with E-state index in [2.05, 4.69) is 137 Å². The van der Waals surface area contributed by atoms with Crippen LogP contribution in [-0.4, -0.2) is 57.3 Å². The summed E-state index contributed by atoms with van der Waals surface area (Å²) in [5.74, 6) is -0.248. The van der Waals surface area contributed by atoms with Crippen LogP contribution in [0.2, 0.25) is 0 Å². The van der Waals surface area contributed by atoms with Crippen molar-refractivity contribution in [3.63, 3.8) is 0 Å². The highest BCUT2D eigenvalue weighted by atomic mass is 16.5. The Labute approximate surface area is 343 Å². The molecule has 0 saturated heterocycles. The second-order valence-electron chi connectivity index (χ2n) is 15.8. The summed E-state index contributed by atoms with van der Waals surface area (Å²) >= 11 is 0. The van der Waals surface area contributed by atoms with Gasteiger partial charge in [-0.05, 0) is 49.2 Å². The summed E-state index contributed by atoms with van der Waals surface area (Å²) in [6, 6.07) is 37.6. The molecule has 11 rings (SSSR count). The summed E-state index contributed by atoms with van der Waals surface area (Å²) < 4.78 is 26.2. The van der Waals surface area contributed by atoms with Crippen LogP contribution in [0.3, 0.4) is 0 Å². The molecule has 4 aromatic heterocycles. The molecule has 0 radical (unpaired) electrons. The molecule has 9 heteroatoms. The number of carbonyl (C=O) groups excluding carboxylic acids is 1. The van der Waals surface area contributed by atoms with Crippen molar-refractivity contribution in [2.75, 3.05) is 27.9 Å². The zero-order valence-electron chi connectivity index (χ0n) is 34.9. The molecule has 302 valence electrons. The van der Waals surface area contributed by atoms with Crippen LogP contribution in [0.4, 0.5) is 0 Å². The first kappa shape index (κ1) is 38.6. The van der Waals surface area contributed by atoms with E-state index in [0.717, 1.165) is 39.3 Å². The Kier molecular flexibility index (Phi) is 10.1. The van der Waals surface area contributed by atoms with Gasteiger partial charge in [0, 0.05) is 64.9 Å². The molecule has 9 aromatic rings. The van der Waals surface area contributed by atoms with E-state index in [4.69, 9.17) is 14.2 Å². The molecular weight excluding hydrogens is 737 g/mol. The number of hydrogen-bond donors (Lipinski definition) is 1. The molecule has 5 aromatic carbocycles. The maximum absolute atomic E-state index is 12.9. The lowest BCUT2D eigenvalue weighted by molar-refractivity contribution is -0.146. The van der Waals surface area contributed by atoms with E-state index in [0.29, 0.717) is 6.42 Å². The number of hydrogen-bond acceptors (Lipinski definition) is 5. The lowest BCUT2D eigenvalue weighted by Gasteiger charge is -2.22. The predicted molar refractivity (Wildman–Crippen MR) is 239 cm³/mol. The minimum atomic E-state index is -0.461. The number of rotatable bonds is 4. The fraction of sp³-hybridized carbons (Fsp3) is 0.300. The number of fused-ring (bicyclic) bond motifs is 13. The molecule has 0 bridgehead atoms. The summed E-state index contributed by atoms with van der Waals surface area (Å²) in [6.07, 6.45) is 2.09. The van der Waals surface area contributed by atoms with Gasteiger partial charge in [0.05, 0.1) is 58.7 Å². The van der Waals surface area contributed by atoms with Gasteiger partial charge in [-0.1, -0.05) is 105 Å². The second kappa shape index (κ2) is 15.4. The molecule has 0 fully saturated rings. The largest absolute Gasteiger partial charge is 0.467 e.